The molecule has 1 N–H and O–H groups in total. The summed E-state index contributed by atoms with van der Waals surface area (Å²) in [6.45, 7) is 0. The molecule has 0 unspecified atom stereocenters. The van der Waals surface area contributed by atoms with E-state index >= 15 is 0 Å². The van der Waals surface area contributed by atoms with Crippen LogP contribution in [0.4, 0.5) is 5.69 Å². The van der Waals surface area contributed by atoms with Crippen molar-refractivity contribution in [3.05, 3.63) is 76.5 Å². The number of allylic oxidation sites excluding steroid dienone is 1. The number of hydrogen-bond donors (Lipinski definition) is 1. The summed E-state index contributed by atoms with van der Waals surface area (Å²) in [4.78, 5) is 12.7. The van der Waals surface area contributed by atoms with E-state index in [9.17, 15) is 4.79 Å². The van der Waals surface area contributed by atoms with Gasteiger partial charge in [0.25, 0.3) is 0 Å². The summed E-state index contributed by atoms with van der Waals surface area (Å²) >= 11 is 6.15. The van der Waals surface area contributed by atoms with Crippen molar-refractivity contribution in [1.82, 2.24) is 0 Å². The first-order valence-corrected chi connectivity index (χ1v) is 11.8. The molecule has 0 amide bonds. The molecule has 0 aliphatic rings. The molecule has 0 fully saturated rings. The predicted molar refractivity (Wildman–Crippen MR) is 150 cm³/mol. The Kier molecular flexibility index (Phi) is 9.90. The average molecular weight is 540 g/mol. The Hall–Kier alpha value is -4.30. The standard InChI is InChI=1S/C29H30ClNO7/c1-33-24-10-9-20(15-21(24)30)23(32)11-12-31-22-17-26(35-3)25(34-2)16-19(22)8-7-18-13-27(36-4)29(38-6)28(14-18)37-5/h7-17,31H,1-6H3/b8-7-,12-11-. The topological polar surface area (TPSA) is 84.5 Å². The molecule has 200 valence electrons. The number of benzene rings is 3. The van der Waals surface area contributed by atoms with Crippen LogP contribution < -0.4 is 33.7 Å². The summed E-state index contributed by atoms with van der Waals surface area (Å²) in [7, 11) is 9.32. The maximum absolute atomic E-state index is 12.7. The summed E-state index contributed by atoms with van der Waals surface area (Å²) in [5, 5.41) is 3.52. The summed E-state index contributed by atoms with van der Waals surface area (Å²) < 4.78 is 32.4. The van der Waals surface area contributed by atoms with E-state index in [4.69, 9.17) is 40.0 Å². The van der Waals surface area contributed by atoms with E-state index in [2.05, 4.69) is 5.32 Å². The Morgan fingerprint density at radius 3 is 1.87 bits per heavy atom. The van der Waals surface area contributed by atoms with Crippen molar-refractivity contribution in [2.75, 3.05) is 48.0 Å². The molecule has 0 atom stereocenters. The molecule has 0 aliphatic carbocycles. The third-order valence-electron chi connectivity index (χ3n) is 5.61. The van der Waals surface area contributed by atoms with Crippen LogP contribution in [0.5, 0.6) is 34.5 Å². The summed E-state index contributed by atoms with van der Waals surface area (Å²) in [6, 6.07) is 12.2. The van der Waals surface area contributed by atoms with Crippen LogP contribution in [0.3, 0.4) is 0 Å². The maximum atomic E-state index is 12.7. The number of methoxy groups -OCH3 is 6. The van der Waals surface area contributed by atoms with Crippen LogP contribution in [-0.4, -0.2) is 48.4 Å². The van der Waals surface area contributed by atoms with Gasteiger partial charge in [-0.25, -0.2) is 0 Å². The number of ether oxygens (including phenoxy) is 6. The third-order valence-corrected chi connectivity index (χ3v) is 5.90. The largest absolute Gasteiger partial charge is 0.495 e. The number of anilines is 1. The van der Waals surface area contributed by atoms with Crippen molar-refractivity contribution < 1.29 is 33.2 Å². The summed E-state index contributed by atoms with van der Waals surface area (Å²) in [5.74, 6) is 2.94. The molecule has 0 bridgehead atoms. The Labute approximate surface area is 227 Å². The minimum atomic E-state index is -0.225. The fourth-order valence-electron chi connectivity index (χ4n) is 3.66. The minimum Gasteiger partial charge on any atom is -0.495 e. The molecule has 8 nitrogen and oxygen atoms in total. The predicted octanol–water partition coefficient (Wildman–Crippen LogP) is 6.37. The molecule has 0 aromatic heterocycles. The molecular weight excluding hydrogens is 510 g/mol. The van der Waals surface area contributed by atoms with Crippen LogP contribution in [0.2, 0.25) is 5.02 Å². The van der Waals surface area contributed by atoms with Crippen LogP contribution in [-0.2, 0) is 0 Å². The van der Waals surface area contributed by atoms with Gasteiger partial charge in [0.2, 0.25) is 5.75 Å². The Bertz CT molecular complexity index is 1330. The second-order valence-corrected chi connectivity index (χ2v) is 8.18. The Morgan fingerprint density at radius 2 is 1.32 bits per heavy atom. The number of nitrogens with one attached hydrogen (secondary N) is 1. The van der Waals surface area contributed by atoms with E-state index in [-0.39, 0.29) is 5.78 Å². The molecule has 3 aromatic carbocycles. The van der Waals surface area contributed by atoms with Gasteiger partial charge in [-0.05, 0) is 42.0 Å². The van der Waals surface area contributed by atoms with E-state index in [0.717, 1.165) is 11.1 Å². The Morgan fingerprint density at radius 1 is 0.711 bits per heavy atom. The van der Waals surface area contributed by atoms with Crippen molar-refractivity contribution in [1.29, 1.82) is 0 Å². The highest BCUT2D eigenvalue weighted by Crippen LogP contribution is 2.39. The monoisotopic (exact) mass is 539 g/mol. The van der Waals surface area contributed by atoms with Gasteiger partial charge in [-0.3, -0.25) is 4.79 Å². The van der Waals surface area contributed by atoms with Crippen LogP contribution in [0.15, 0.2) is 54.7 Å². The van der Waals surface area contributed by atoms with Crippen LogP contribution in [0, 0.1) is 0 Å². The van der Waals surface area contributed by atoms with Crippen molar-refractivity contribution >= 4 is 35.2 Å². The van der Waals surface area contributed by atoms with Crippen molar-refractivity contribution in [3.63, 3.8) is 0 Å². The Balaban J connectivity index is 1.92. The number of halogens is 1. The lowest BCUT2D eigenvalue weighted by Crippen LogP contribution is -1.99. The van der Waals surface area contributed by atoms with Gasteiger partial charge in [-0.2, -0.15) is 0 Å². The second kappa shape index (κ2) is 13.3. The lowest BCUT2D eigenvalue weighted by Gasteiger charge is -2.14. The second-order valence-electron chi connectivity index (χ2n) is 7.78. The normalized spacial score (nSPS) is 10.9. The number of carbonyl (C=O) groups excluding carboxylic acids is 1. The van der Waals surface area contributed by atoms with E-state index in [1.54, 1.807) is 66.0 Å². The number of rotatable bonds is 12. The molecule has 9 heteroatoms. The molecule has 38 heavy (non-hydrogen) atoms. The quantitative estimate of drug-likeness (QED) is 0.161. The molecule has 3 aromatic rings. The molecule has 0 radical (unpaired) electrons. The fraction of sp³-hybridized carbons (Fsp3) is 0.207. The molecular formula is C29H30ClNO7. The van der Waals surface area contributed by atoms with Crippen molar-refractivity contribution in [2.45, 2.75) is 0 Å². The van der Waals surface area contributed by atoms with Gasteiger partial charge >= 0.3 is 0 Å². The van der Waals surface area contributed by atoms with Gasteiger partial charge in [-0.1, -0.05) is 23.8 Å². The van der Waals surface area contributed by atoms with Gasteiger partial charge in [-0.15, -0.1) is 0 Å². The van der Waals surface area contributed by atoms with Gasteiger partial charge in [0, 0.05) is 35.2 Å². The summed E-state index contributed by atoms with van der Waals surface area (Å²) in [6.07, 6.45) is 6.76. The van der Waals surface area contributed by atoms with Crippen molar-refractivity contribution in [3.8, 4) is 34.5 Å². The molecule has 0 saturated carbocycles. The molecule has 0 heterocycles. The van der Waals surface area contributed by atoms with Crippen LogP contribution >= 0.6 is 11.6 Å². The molecule has 3 rings (SSSR count). The first-order chi connectivity index (χ1) is 18.4. The average Bonchev–Trinajstić information content (AvgIpc) is 2.95. The van der Waals surface area contributed by atoms with E-state index in [0.29, 0.717) is 50.8 Å². The lowest BCUT2D eigenvalue weighted by atomic mass is 10.1. The van der Waals surface area contributed by atoms with E-state index in [1.165, 1.54) is 13.2 Å². The van der Waals surface area contributed by atoms with E-state index < -0.39 is 0 Å². The molecule has 0 saturated heterocycles. The number of hydrogen-bond acceptors (Lipinski definition) is 8. The van der Waals surface area contributed by atoms with Crippen LogP contribution in [0.1, 0.15) is 21.5 Å². The fourth-order valence-corrected chi connectivity index (χ4v) is 3.92. The third kappa shape index (κ3) is 6.52. The van der Waals surface area contributed by atoms with E-state index in [1.807, 2.05) is 30.4 Å². The lowest BCUT2D eigenvalue weighted by molar-refractivity contribution is 0.104. The number of ketones is 1. The summed E-state index contributed by atoms with van der Waals surface area (Å²) in [5.41, 5.74) is 2.72. The van der Waals surface area contributed by atoms with Gasteiger partial charge in [0.15, 0.2) is 28.8 Å². The highest BCUT2D eigenvalue weighted by atomic mass is 35.5. The first kappa shape index (κ1) is 28.3. The number of carbonyl (C=O) groups is 1. The minimum absolute atomic E-state index is 0.225. The zero-order valence-electron chi connectivity index (χ0n) is 22.1. The zero-order chi connectivity index (χ0) is 27.7. The highest BCUT2D eigenvalue weighted by molar-refractivity contribution is 6.32. The smallest absolute Gasteiger partial charge is 0.203 e. The maximum Gasteiger partial charge on any atom is 0.203 e. The SMILES string of the molecule is COc1ccc(C(=O)/C=C\Nc2cc(OC)c(OC)cc2/C=C\c2cc(OC)c(OC)c(OC)c2)cc1Cl. The van der Waals surface area contributed by atoms with Gasteiger partial charge in [0.1, 0.15) is 5.75 Å². The van der Waals surface area contributed by atoms with Gasteiger partial charge in [0.05, 0.1) is 47.7 Å². The first-order valence-electron chi connectivity index (χ1n) is 11.4. The molecule has 0 aliphatic heterocycles. The zero-order valence-corrected chi connectivity index (χ0v) is 22.8. The van der Waals surface area contributed by atoms with Gasteiger partial charge < -0.3 is 33.7 Å². The highest BCUT2D eigenvalue weighted by Gasteiger charge is 2.13. The molecule has 0 spiro atoms. The van der Waals surface area contributed by atoms with Crippen LogP contribution in [0.25, 0.3) is 12.2 Å². The van der Waals surface area contributed by atoms with Crippen molar-refractivity contribution in [2.24, 2.45) is 0 Å².